The zero-order valence-electron chi connectivity index (χ0n) is 14.0. The van der Waals surface area contributed by atoms with Gasteiger partial charge in [-0.25, -0.2) is 0 Å². The van der Waals surface area contributed by atoms with Crippen LogP contribution in [0.4, 0.5) is 11.4 Å². The van der Waals surface area contributed by atoms with E-state index in [1.807, 2.05) is 55.4 Å². The zero-order valence-corrected chi connectivity index (χ0v) is 14.7. The molecule has 1 heterocycles. The summed E-state index contributed by atoms with van der Waals surface area (Å²) in [6.07, 6.45) is 0.145. The van der Waals surface area contributed by atoms with E-state index in [9.17, 15) is 4.79 Å². The molecule has 0 spiro atoms. The molecule has 3 rings (SSSR count). The zero-order chi connectivity index (χ0) is 17.8. The van der Waals surface area contributed by atoms with Gasteiger partial charge in [-0.3, -0.25) is 4.79 Å². The Morgan fingerprint density at radius 1 is 1.12 bits per heavy atom. The number of amides is 1. The Morgan fingerprint density at radius 2 is 1.80 bits per heavy atom. The molecule has 1 N–H and O–H groups in total. The van der Waals surface area contributed by atoms with E-state index in [4.69, 9.17) is 16.1 Å². The molecular formula is C19H18ClN3O2. The van der Waals surface area contributed by atoms with Crippen LogP contribution in [0.2, 0.25) is 5.02 Å². The number of hydrogen-bond donors (Lipinski definition) is 1. The normalized spacial score (nSPS) is 10.5. The molecule has 128 valence electrons. The van der Waals surface area contributed by atoms with Crippen molar-refractivity contribution in [1.29, 1.82) is 0 Å². The third kappa shape index (κ3) is 4.39. The molecule has 0 aliphatic carbocycles. The van der Waals surface area contributed by atoms with Crippen molar-refractivity contribution < 1.29 is 9.32 Å². The standard InChI is InChI=1S/C19H18ClN3O2/c1-23(2)17-9-7-15(8-10-17)21-19(24)12-16-11-18(25-22-16)13-3-5-14(20)6-4-13/h3-11H,12H2,1-2H3,(H,21,24). The SMILES string of the molecule is CN(C)c1ccc(NC(=O)Cc2cc(-c3ccc(Cl)cc3)on2)cc1. The molecule has 1 aromatic heterocycles. The molecule has 25 heavy (non-hydrogen) atoms. The molecule has 0 radical (unpaired) electrons. The van der Waals surface area contributed by atoms with Crippen LogP contribution in [0.15, 0.2) is 59.1 Å². The summed E-state index contributed by atoms with van der Waals surface area (Å²) in [6, 6.07) is 16.7. The number of aromatic nitrogens is 1. The van der Waals surface area contributed by atoms with Crippen molar-refractivity contribution in [1.82, 2.24) is 5.16 Å². The van der Waals surface area contributed by atoms with Gasteiger partial charge in [0.2, 0.25) is 5.91 Å². The average molecular weight is 356 g/mol. The predicted octanol–water partition coefficient (Wildman–Crippen LogP) is 4.24. The monoisotopic (exact) mass is 355 g/mol. The Balaban J connectivity index is 1.62. The lowest BCUT2D eigenvalue weighted by Crippen LogP contribution is -2.15. The molecule has 0 saturated heterocycles. The molecule has 0 aliphatic rings. The maximum Gasteiger partial charge on any atom is 0.230 e. The largest absolute Gasteiger partial charge is 0.378 e. The molecular weight excluding hydrogens is 338 g/mol. The highest BCUT2D eigenvalue weighted by atomic mass is 35.5. The maximum absolute atomic E-state index is 12.2. The van der Waals surface area contributed by atoms with Gasteiger partial charge in [0.25, 0.3) is 0 Å². The number of hydrogen-bond acceptors (Lipinski definition) is 4. The number of rotatable bonds is 5. The van der Waals surface area contributed by atoms with E-state index in [0.717, 1.165) is 16.9 Å². The molecule has 0 atom stereocenters. The van der Waals surface area contributed by atoms with Gasteiger partial charge in [0.05, 0.1) is 12.1 Å². The molecule has 2 aromatic carbocycles. The van der Waals surface area contributed by atoms with E-state index in [2.05, 4.69) is 10.5 Å². The summed E-state index contributed by atoms with van der Waals surface area (Å²) in [4.78, 5) is 14.2. The van der Waals surface area contributed by atoms with E-state index >= 15 is 0 Å². The second-order valence-electron chi connectivity index (χ2n) is 5.86. The number of nitrogens with zero attached hydrogens (tertiary/aromatic N) is 2. The first-order valence-corrected chi connectivity index (χ1v) is 8.18. The molecule has 0 unspecified atom stereocenters. The number of anilines is 2. The number of halogens is 1. The van der Waals surface area contributed by atoms with Crippen LogP contribution in [-0.4, -0.2) is 25.2 Å². The van der Waals surface area contributed by atoms with Crippen molar-refractivity contribution in [2.45, 2.75) is 6.42 Å². The van der Waals surface area contributed by atoms with Gasteiger partial charge >= 0.3 is 0 Å². The number of carbonyl (C=O) groups is 1. The van der Waals surface area contributed by atoms with Crippen molar-refractivity contribution >= 4 is 28.9 Å². The van der Waals surface area contributed by atoms with Crippen molar-refractivity contribution in [3.05, 3.63) is 65.3 Å². The average Bonchev–Trinajstić information content (AvgIpc) is 3.04. The summed E-state index contributed by atoms with van der Waals surface area (Å²) < 4.78 is 5.31. The van der Waals surface area contributed by atoms with Crippen LogP contribution in [0.3, 0.4) is 0 Å². The fourth-order valence-corrected chi connectivity index (χ4v) is 2.48. The Labute approximate surface area is 151 Å². The Morgan fingerprint density at radius 3 is 2.44 bits per heavy atom. The minimum absolute atomic E-state index is 0.145. The van der Waals surface area contributed by atoms with Crippen LogP contribution in [0.25, 0.3) is 11.3 Å². The Hall–Kier alpha value is -2.79. The van der Waals surface area contributed by atoms with E-state index in [-0.39, 0.29) is 12.3 Å². The summed E-state index contributed by atoms with van der Waals surface area (Å²) in [5.41, 5.74) is 3.26. The maximum atomic E-state index is 12.2. The first kappa shape index (κ1) is 17.0. The second kappa shape index (κ2) is 7.40. The third-order valence-corrected chi connectivity index (χ3v) is 3.95. The molecule has 0 saturated carbocycles. The second-order valence-corrected chi connectivity index (χ2v) is 6.29. The van der Waals surface area contributed by atoms with Gasteiger partial charge in [-0.1, -0.05) is 16.8 Å². The minimum Gasteiger partial charge on any atom is -0.378 e. The fourth-order valence-electron chi connectivity index (χ4n) is 2.36. The molecule has 5 nitrogen and oxygen atoms in total. The first-order chi connectivity index (χ1) is 12.0. The molecule has 0 aliphatic heterocycles. The van der Waals surface area contributed by atoms with Crippen molar-refractivity contribution in [2.75, 3.05) is 24.3 Å². The summed E-state index contributed by atoms with van der Waals surface area (Å²) in [6.45, 7) is 0. The van der Waals surface area contributed by atoms with Crippen LogP contribution in [0, 0.1) is 0 Å². The Kier molecular flexibility index (Phi) is 5.05. The first-order valence-electron chi connectivity index (χ1n) is 7.80. The van der Waals surface area contributed by atoms with Crippen LogP contribution >= 0.6 is 11.6 Å². The van der Waals surface area contributed by atoms with Crippen LogP contribution in [0.1, 0.15) is 5.69 Å². The molecule has 0 fully saturated rings. The topological polar surface area (TPSA) is 58.4 Å². The molecule has 0 bridgehead atoms. The van der Waals surface area contributed by atoms with E-state index < -0.39 is 0 Å². The summed E-state index contributed by atoms with van der Waals surface area (Å²) in [5, 5.41) is 7.47. The van der Waals surface area contributed by atoms with Crippen molar-refractivity contribution in [2.24, 2.45) is 0 Å². The van der Waals surface area contributed by atoms with Crippen molar-refractivity contribution in [3.8, 4) is 11.3 Å². The van der Waals surface area contributed by atoms with Gasteiger partial charge in [-0.2, -0.15) is 0 Å². The van der Waals surface area contributed by atoms with Gasteiger partial charge in [0.1, 0.15) is 0 Å². The third-order valence-electron chi connectivity index (χ3n) is 3.70. The lowest BCUT2D eigenvalue weighted by molar-refractivity contribution is -0.115. The number of nitrogens with one attached hydrogen (secondary N) is 1. The number of carbonyl (C=O) groups excluding carboxylic acids is 1. The van der Waals surface area contributed by atoms with Crippen LogP contribution in [-0.2, 0) is 11.2 Å². The lowest BCUT2D eigenvalue weighted by Gasteiger charge is -2.12. The fraction of sp³-hybridized carbons (Fsp3) is 0.158. The summed E-state index contributed by atoms with van der Waals surface area (Å²) >= 11 is 5.88. The lowest BCUT2D eigenvalue weighted by atomic mass is 10.1. The van der Waals surface area contributed by atoms with Crippen LogP contribution < -0.4 is 10.2 Å². The van der Waals surface area contributed by atoms with Crippen LogP contribution in [0.5, 0.6) is 0 Å². The summed E-state index contributed by atoms with van der Waals surface area (Å²) in [7, 11) is 3.94. The van der Waals surface area contributed by atoms with Gasteiger partial charge in [0.15, 0.2) is 5.76 Å². The molecule has 1 amide bonds. The van der Waals surface area contributed by atoms with Gasteiger partial charge < -0.3 is 14.7 Å². The van der Waals surface area contributed by atoms with E-state index in [1.165, 1.54) is 0 Å². The predicted molar refractivity (Wildman–Crippen MR) is 100 cm³/mol. The summed E-state index contributed by atoms with van der Waals surface area (Å²) in [5.74, 6) is 0.461. The van der Waals surface area contributed by atoms with E-state index in [1.54, 1.807) is 18.2 Å². The molecule has 6 heteroatoms. The highest BCUT2D eigenvalue weighted by Gasteiger charge is 2.11. The van der Waals surface area contributed by atoms with Crippen molar-refractivity contribution in [3.63, 3.8) is 0 Å². The number of benzene rings is 2. The quantitative estimate of drug-likeness (QED) is 0.743. The van der Waals surface area contributed by atoms with Gasteiger partial charge in [-0.05, 0) is 48.5 Å². The highest BCUT2D eigenvalue weighted by Crippen LogP contribution is 2.22. The minimum atomic E-state index is -0.145. The van der Waals surface area contributed by atoms with E-state index in [0.29, 0.717) is 16.5 Å². The molecule has 3 aromatic rings. The van der Waals surface area contributed by atoms with Gasteiger partial charge in [0, 0.05) is 42.1 Å². The Bertz CT molecular complexity index is 855. The highest BCUT2D eigenvalue weighted by molar-refractivity contribution is 6.30. The van der Waals surface area contributed by atoms with Gasteiger partial charge in [-0.15, -0.1) is 0 Å². The smallest absolute Gasteiger partial charge is 0.230 e.